The quantitative estimate of drug-likeness (QED) is 0.236. The third-order valence-electron chi connectivity index (χ3n) is 5.23. The first-order valence-corrected chi connectivity index (χ1v) is 13.8. The van der Waals surface area contributed by atoms with E-state index in [9.17, 15) is 4.79 Å². The molecule has 0 spiro atoms. The normalized spacial score (nSPS) is 11.1. The van der Waals surface area contributed by atoms with Gasteiger partial charge in [0, 0.05) is 10.6 Å². The summed E-state index contributed by atoms with van der Waals surface area (Å²) in [5, 5.41) is 13.1. The smallest absolute Gasteiger partial charge is 0.236 e. The van der Waals surface area contributed by atoms with Gasteiger partial charge in [0.25, 0.3) is 0 Å². The third-order valence-corrected chi connectivity index (χ3v) is 8.10. The van der Waals surface area contributed by atoms with Crippen LogP contribution in [0.4, 0.5) is 5.13 Å². The minimum absolute atomic E-state index is 0.121. The average Bonchev–Trinajstić information content (AvgIpc) is 3.45. The molecular formula is C26H23N5OS3. The van der Waals surface area contributed by atoms with E-state index in [-0.39, 0.29) is 11.7 Å². The summed E-state index contributed by atoms with van der Waals surface area (Å²) in [5.41, 5.74) is 4.27. The fourth-order valence-corrected chi connectivity index (χ4v) is 6.04. The molecule has 2 heterocycles. The molecule has 0 aliphatic carbocycles. The van der Waals surface area contributed by atoms with Crippen molar-refractivity contribution in [1.29, 1.82) is 0 Å². The van der Waals surface area contributed by atoms with Gasteiger partial charge in [-0.25, -0.2) is 4.98 Å². The summed E-state index contributed by atoms with van der Waals surface area (Å²) in [5.74, 6) is 1.60. The van der Waals surface area contributed by atoms with Gasteiger partial charge in [0.2, 0.25) is 5.91 Å². The second kappa shape index (κ2) is 10.6. The van der Waals surface area contributed by atoms with Crippen molar-refractivity contribution in [2.75, 3.05) is 11.1 Å². The number of thiazole rings is 1. The van der Waals surface area contributed by atoms with Gasteiger partial charge in [-0.15, -0.1) is 22.0 Å². The number of anilines is 1. The van der Waals surface area contributed by atoms with Crippen LogP contribution >= 0.6 is 34.9 Å². The number of benzene rings is 3. The summed E-state index contributed by atoms with van der Waals surface area (Å²) < 4.78 is 3.09. The molecule has 2 aromatic heterocycles. The van der Waals surface area contributed by atoms with Gasteiger partial charge < -0.3 is 5.32 Å². The highest BCUT2D eigenvalue weighted by Crippen LogP contribution is 2.29. The minimum Gasteiger partial charge on any atom is -0.301 e. The number of thioether (sulfide) groups is 2. The molecule has 1 amide bonds. The molecule has 5 aromatic rings. The Hall–Kier alpha value is -3.14. The predicted octanol–water partition coefficient (Wildman–Crippen LogP) is 6.52. The number of fused-ring (bicyclic) bond motifs is 1. The van der Waals surface area contributed by atoms with Gasteiger partial charge in [0.05, 0.1) is 21.7 Å². The largest absolute Gasteiger partial charge is 0.301 e. The number of hydrogen-bond acceptors (Lipinski definition) is 7. The van der Waals surface area contributed by atoms with Crippen LogP contribution in [0.15, 0.2) is 82.8 Å². The number of nitrogens with one attached hydrogen (secondary N) is 1. The molecule has 0 aliphatic rings. The van der Waals surface area contributed by atoms with Crippen molar-refractivity contribution < 1.29 is 4.79 Å². The van der Waals surface area contributed by atoms with E-state index < -0.39 is 0 Å². The third kappa shape index (κ3) is 5.75. The minimum atomic E-state index is -0.121. The molecule has 0 saturated heterocycles. The van der Waals surface area contributed by atoms with E-state index in [4.69, 9.17) is 0 Å². The van der Waals surface area contributed by atoms with Crippen LogP contribution in [-0.4, -0.2) is 31.4 Å². The van der Waals surface area contributed by atoms with Crippen molar-refractivity contribution in [1.82, 2.24) is 19.7 Å². The van der Waals surface area contributed by atoms with Crippen LogP contribution < -0.4 is 5.32 Å². The molecule has 9 heteroatoms. The van der Waals surface area contributed by atoms with E-state index in [1.807, 2.05) is 54.0 Å². The van der Waals surface area contributed by atoms with E-state index in [1.54, 1.807) is 11.8 Å². The maximum absolute atomic E-state index is 12.7. The Labute approximate surface area is 216 Å². The van der Waals surface area contributed by atoms with E-state index in [0.717, 1.165) is 21.7 Å². The number of carbonyl (C=O) groups is 1. The van der Waals surface area contributed by atoms with Crippen molar-refractivity contribution in [3.8, 4) is 5.69 Å². The van der Waals surface area contributed by atoms with Crippen LogP contribution in [0.1, 0.15) is 17.0 Å². The number of carbonyl (C=O) groups excluding carboxylic acids is 1. The molecule has 0 unspecified atom stereocenters. The number of amides is 1. The maximum atomic E-state index is 12.7. The van der Waals surface area contributed by atoms with Crippen LogP contribution in [0.25, 0.3) is 15.9 Å². The maximum Gasteiger partial charge on any atom is 0.236 e. The Balaban J connectivity index is 1.30. The lowest BCUT2D eigenvalue weighted by molar-refractivity contribution is -0.113. The number of hydrogen-bond donors (Lipinski definition) is 1. The highest BCUT2D eigenvalue weighted by Gasteiger charge is 2.17. The first-order valence-electron chi connectivity index (χ1n) is 11.0. The lowest BCUT2D eigenvalue weighted by atomic mass is 10.2. The molecule has 0 aliphatic heterocycles. The average molecular weight is 518 g/mol. The zero-order valence-electron chi connectivity index (χ0n) is 19.3. The Morgan fingerprint density at radius 2 is 1.71 bits per heavy atom. The van der Waals surface area contributed by atoms with Crippen molar-refractivity contribution in [2.24, 2.45) is 0 Å². The summed E-state index contributed by atoms with van der Waals surface area (Å²) in [7, 11) is 0. The molecule has 0 atom stereocenters. The summed E-state index contributed by atoms with van der Waals surface area (Å²) in [4.78, 5) is 18.4. The molecule has 5 rings (SSSR count). The van der Waals surface area contributed by atoms with Crippen LogP contribution in [0.2, 0.25) is 0 Å². The van der Waals surface area contributed by atoms with E-state index >= 15 is 0 Å². The van der Waals surface area contributed by atoms with Crippen molar-refractivity contribution in [3.63, 3.8) is 0 Å². The Morgan fingerprint density at radius 3 is 2.51 bits per heavy atom. The van der Waals surface area contributed by atoms with Gasteiger partial charge in [-0.05, 0) is 55.8 Å². The van der Waals surface area contributed by atoms with Gasteiger partial charge in [-0.1, -0.05) is 65.1 Å². The molecular weight excluding hydrogens is 495 g/mol. The molecule has 0 radical (unpaired) electrons. The van der Waals surface area contributed by atoms with Crippen LogP contribution in [0.5, 0.6) is 0 Å². The van der Waals surface area contributed by atoms with Crippen LogP contribution in [-0.2, 0) is 10.5 Å². The van der Waals surface area contributed by atoms with E-state index in [0.29, 0.717) is 16.0 Å². The number of aryl methyl sites for hydroxylation is 2. The van der Waals surface area contributed by atoms with Crippen molar-refractivity contribution in [2.45, 2.75) is 29.7 Å². The summed E-state index contributed by atoms with van der Waals surface area (Å²) in [6.07, 6.45) is 0. The van der Waals surface area contributed by atoms with Gasteiger partial charge in [-0.3, -0.25) is 9.36 Å². The zero-order valence-corrected chi connectivity index (χ0v) is 21.7. The monoisotopic (exact) mass is 517 g/mol. The first kappa shape index (κ1) is 23.6. The second-order valence-corrected chi connectivity index (χ2v) is 11.0. The fourth-order valence-electron chi connectivity index (χ4n) is 3.48. The summed E-state index contributed by atoms with van der Waals surface area (Å²) in [6, 6.07) is 24.5. The first-order chi connectivity index (χ1) is 17.0. The molecule has 176 valence electrons. The predicted molar refractivity (Wildman–Crippen MR) is 146 cm³/mol. The lowest BCUT2D eigenvalue weighted by Gasteiger charge is -2.10. The zero-order chi connectivity index (χ0) is 24.2. The van der Waals surface area contributed by atoms with Crippen molar-refractivity contribution >= 4 is 56.1 Å². The summed E-state index contributed by atoms with van der Waals surface area (Å²) in [6.45, 7) is 4.13. The molecule has 6 nitrogen and oxygen atoms in total. The van der Waals surface area contributed by atoms with Gasteiger partial charge >= 0.3 is 0 Å². The Morgan fingerprint density at radius 1 is 0.943 bits per heavy atom. The number of aromatic nitrogens is 4. The molecule has 3 aromatic carbocycles. The van der Waals surface area contributed by atoms with Gasteiger partial charge in [0.15, 0.2) is 10.3 Å². The lowest BCUT2D eigenvalue weighted by Crippen LogP contribution is -2.14. The van der Waals surface area contributed by atoms with Gasteiger partial charge in [-0.2, -0.15) is 0 Å². The number of rotatable bonds is 8. The van der Waals surface area contributed by atoms with E-state index in [2.05, 4.69) is 57.8 Å². The van der Waals surface area contributed by atoms with Crippen LogP contribution in [0.3, 0.4) is 0 Å². The van der Waals surface area contributed by atoms with Crippen LogP contribution in [0, 0.1) is 13.8 Å². The highest BCUT2D eigenvalue weighted by atomic mass is 32.2. The second-order valence-electron chi connectivity index (χ2n) is 8.00. The van der Waals surface area contributed by atoms with E-state index in [1.165, 1.54) is 39.1 Å². The molecule has 0 bridgehead atoms. The number of nitrogens with zero attached hydrogens (tertiary/aromatic N) is 4. The standard InChI is InChI=1S/C26H23N5OS3/c1-17-8-11-20(12-9-17)33-15-23-29-30-26(31(23)19-6-4-3-5-7-19)34-16-24(32)28-25-27-21-13-10-18(2)14-22(21)35-25/h3-14H,15-16H2,1-2H3,(H,27,28,32). The number of para-hydroxylation sites is 1. The molecule has 0 saturated carbocycles. The summed E-state index contributed by atoms with van der Waals surface area (Å²) >= 11 is 4.57. The Kier molecular flexibility index (Phi) is 7.17. The SMILES string of the molecule is Cc1ccc(SCc2nnc(SCC(=O)Nc3nc4ccc(C)cc4s3)n2-c2ccccc2)cc1. The Bertz CT molecular complexity index is 1460. The molecule has 0 fully saturated rings. The molecule has 35 heavy (non-hydrogen) atoms. The van der Waals surface area contributed by atoms with Gasteiger partial charge in [0.1, 0.15) is 5.82 Å². The highest BCUT2D eigenvalue weighted by molar-refractivity contribution is 7.99. The topological polar surface area (TPSA) is 72.7 Å². The van der Waals surface area contributed by atoms with Crippen molar-refractivity contribution in [3.05, 3.63) is 89.7 Å². The molecule has 1 N–H and O–H groups in total. The fraction of sp³-hybridized carbons (Fsp3) is 0.154.